The number of nitrogens with zero attached hydrogens (tertiary/aromatic N) is 2. The van der Waals surface area contributed by atoms with Gasteiger partial charge in [-0.3, -0.25) is 4.79 Å². The van der Waals surface area contributed by atoms with Crippen molar-refractivity contribution in [2.75, 3.05) is 25.6 Å². The molecule has 0 spiro atoms. The Balaban J connectivity index is 1.85. The molecule has 0 aliphatic heterocycles. The second-order valence-electron chi connectivity index (χ2n) is 6.58. The zero-order valence-electron chi connectivity index (χ0n) is 15.8. The SMILES string of the molecule is Cc1noc(C(C)C)c1C(=O)OCC(=O)NCc1ccc(N(C)C)cc1. The van der Waals surface area contributed by atoms with Gasteiger partial charge in [-0.25, -0.2) is 4.79 Å². The van der Waals surface area contributed by atoms with Gasteiger partial charge in [-0.15, -0.1) is 0 Å². The van der Waals surface area contributed by atoms with Crippen molar-refractivity contribution in [2.24, 2.45) is 0 Å². The molecular weight excluding hydrogens is 334 g/mol. The van der Waals surface area contributed by atoms with Crippen LogP contribution in [0.1, 0.15) is 47.1 Å². The highest BCUT2D eigenvalue weighted by molar-refractivity contribution is 5.93. The molecule has 2 aromatic rings. The van der Waals surface area contributed by atoms with Crippen molar-refractivity contribution < 1.29 is 18.8 Å². The van der Waals surface area contributed by atoms with Gasteiger partial charge < -0.3 is 19.5 Å². The van der Waals surface area contributed by atoms with Crippen LogP contribution in [0.3, 0.4) is 0 Å². The molecule has 0 bridgehead atoms. The number of aromatic nitrogens is 1. The summed E-state index contributed by atoms with van der Waals surface area (Å²) < 4.78 is 10.3. The normalized spacial score (nSPS) is 10.7. The second-order valence-corrected chi connectivity index (χ2v) is 6.58. The monoisotopic (exact) mass is 359 g/mol. The van der Waals surface area contributed by atoms with Crippen LogP contribution in [-0.4, -0.2) is 37.7 Å². The molecular formula is C19H25N3O4. The maximum atomic E-state index is 12.2. The van der Waals surface area contributed by atoms with Crippen LogP contribution in [0.2, 0.25) is 0 Å². The number of aryl methyl sites for hydroxylation is 1. The Hall–Kier alpha value is -2.83. The lowest BCUT2D eigenvalue weighted by Crippen LogP contribution is -2.28. The summed E-state index contributed by atoms with van der Waals surface area (Å²) in [4.78, 5) is 26.2. The lowest BCUT2D eigenvalue weighted by molar-refractivity contribution is -0.124. The Bertz CT molecular complexity index is 764. The molecule has 0 aliphatic rings. The van der Waals surface area contributed by atoms with Crippen LogP contribution in [-0.2, 0) is 16.1 Å². The first kappa shape index (κ1) is 19.5. The molecule has 0 atom stereocenters. The second kappa shape index (κ2) is 8.51. The number of ether oxygens (including phenoxy) is 1. The van der Waals surface area contributed by atoms with Crippen LogP contribution in [0.5, 0.6) is 0 Å². The molecule has 0 radical (unpaired) electrons. The quantitative estimate of drug-likeness (QED) is 0.765. The molecule has 1 heterocycles. The standard InChI is InChI=1S/C19H25N3O4/c1-12(2)18-17(13(3)21-26-18)19(24)25-11-16(23)20-10-14-6-8-15(9-7-14)22(4)5/h6-9,12H,10-11H2,1-5H3,(H,20,23). The molecule has 1 aromatic carbocycles. The molecule has 7 nitrogen and oxygen atoms in total. The molecule has 1 amide bonds. The maximum absolute atomic E-state index is 12.2. The Morgan fingerprint density at radius 1 is 1.23 bits per heavy atom. The molecule has 0 saturated carbocycles. The van der Waals surface area contributed by atoms with E-state index in [1.807, 2.05) is 57.1 Å². The third kappa shape index (κ3) is 4.84. The number of carbonyl (C=O) groups excluding carboxylic acids is 2. The number of nitrogens with one attached hydrogen (secondary N) is 1. The van der Waals surface area contributed by atoms with Gasteiger partial charge in [0.25, 0.3) is 5.91 Å². The van der Waals surface area contributed by atoms with E-state index >= 15 is 0 Å². The van der Waals surface area contributed by atoms with E-state index in [1.54, 1.807) is 6.92 Å². The van der Waals surface area contributed by atoms with Crippen LogP contribution in [0.25, 0.3) is 0 Å². The predicted molar refractivity (Wildman–Crippen MR) is 98.2 cm³/mol. The van der Waals surface area contributed by atoms with Crippen LogP contribution >= 0.6 is 0 Å². The maximum Gasteiger partial charge on any atom is 0.344 e. The van der Waals surface area contributed by atoms with Crippen molar-refractivity contribution in [1.82, 2.24) is 10.5 Å². The fourth-order valence-corrected chi connectivity index (χ4v) is 2.40. The van der Waals surface area contributed by atoms with E-state index in [-0.39, 0.29) is 18.4 Å². The minimum Gasteiger partial charge on any atom is -0.452 e. The molecule has 26 heavy (non-hydrogen) atoms. The van der Waals surface area contributed by atoms with Crippen molar-refractivity contribution in [3.05, 3.63) is 46.8 Å². The molecule has 2 rings (SSSR count). The van der Waals surface area contributed by atoms with Crippen molar-refractivity contribution in [2.45, 2.75) is 33.2 Å². The first-order valence-corrected chi connectivity index (χ1v) is 8.45. The lowest BCUT2D eigenvalue weighted by Gasteiger charge is -2.13. The van der Waals surface area contributed by atoms with E-state index in [9.17, 15) is 9.59 Å². The number of hydrogen-bond acceptors (Lipinski definition) is 6. The molecule has 0 saturated heterocycles. The Morgan fingerprint density at radius 3 is 2.46 bits per heavy atom. The van der Waals surface area contributed by atoms with Crippen molar-refractivity contribution in [3.63, 3.8) is 0 Å². The van der Waals surface area contributed by atoms with Crippen LogP contribution < -0.4 is 10.2 Å². The Kier molecular flexibility index (Phi) is 6.38. The van der Waals surface area contributed by atoms with E-state index in [1.165, 1.54) is 0 Å². The average molecular weight is 359 g/mol. The van der Waals surface area contributed by atoms with Gasteiger partial charge in [0.05, 0.1) is 5.69 Å². The Labute approximate surface area is 153 Å². The number of hydrogen-bond donors (Lipinski definition) is 1. The minimum atomic E-state index is -0.599. The number of carbonyl (C=O) groups is 2. The fourth-order valence-electron chi connectivity index (χ4n) is 2.40. The summed E-state index contributed by atoms with van der Waals surface area (Å²) in [6, 6.07) is 7.83. The van der Waals surface area contributed by atoms with Crippen LogP contribution in [0.4, 0.5) is 5.69 Å². The van der Waals surface area contributed by atoms with Crippen molar-refractivity contribution >= 4 is 17.6 Å². The molecule has 0 unspecified atom stereocenters. The smallest absolute Gasteiger partial charge is 0.344 e. The van der Waals surface area contributed by atoms with E-state index < -0.39 is 5.97 Å². The van der Waals surface area contributed by atoms with Gasteiger partial charge in [-0.2, -0.15) is 0 Å². The van der Waals surface area contributed by atoms with E-state index in [4.69, 9.17) is 9.26 Å². The van der Waals surface area contributed by atoms with E-state index in [0.717, 1.165) is 11.3 Å². The summed E-state index contributed by atoms with van der Waals surface area (Å²) in [6.07, 6.45) is 0. The van der Waals surface area contributed by atoms with Gasteiger partial charge in [0.1, 0.15) is 5.56 Å². The number of esters is 1. The summed E-state index contributed by atoms with van der Waals surface area (Å²) in [6.45, 7) is 5.48. The molecule has 0 fully saturated rings. The minimum absolute atomic E-state index is 0.00212. The number of rotatable bonds is 7. The topological polar surface area (TPSA) is 84.7 Å². The largest absolute Gasteiger partial charge is 0.452 e. The average Bonchev–Trinajstić information content (AvgIpc) is 3.00. The summed E-state index contributed by atoms with van der Waals surface area (Å²) in [7, 11) is 3.93. The van der Waals surface area contributed by atoms with E-state index in [2.05, 4.69) is 10.5 Å². The highest BCUT2D eigenvalue weighted by Crippen LogP contribution is 2.22. The predicted octanol–water partition coefficient (Wildman–Crippen LogP) is 2.65. The lowest BCUT2D eigenvalue weighted by atomic mass is 10.1. The summed E-state index contributed by atoms with van der Waals surface area (Å²) >= 11 is 0. The number of anilines is 1. The fraction of sp³-hybridized carbons (Fsp3) is 0.421. The zero-order chi connectivity index (χ0) is 19.3. The summed E-state index contributed by atoms with van der Waals surface area (Å²) in [5.74, 6) is -0.500. The summed E-state index contributed by atoms with van der Waals surface area (Å²) in [5, 5.41) is 6.53. The van der Waals surface area contributed by atoms with Crippen LogP contribution in [0.15, 0.2) is 28.8 Å². The number of benzene rings is 1. The molecule has 1 N–H and O–H groups in total. The zero-order valence-corrected chi connectivity index (χ0v) is 15.8. The third-order valence-electron chi connectivity index (χ3n) is 3.89. The molecule has 140 valence electrons. The molecule has 0 aliphatic carbocycles. The molecule has 7 heteroatoms. The van der Waals surface area contributed by atoms with Crippen molar-refractivity contribution in [1.29, 1.82) is 0 Å². The summed E-state index contributed by atoms with van der Waals surface area (Å²) in [5.41, 5.74) is 2.80. The highest BCUT2D eigenvalue weighted by atomic mass is 16.5. The van der Waals surface area contributed by atoms with Crippen molar-refractivity contribution in [3.8, 4) is 0 Å². The van der Waals surface area contributed by atoms with Crippen LogP contribution in [0, 0.1) is 6.92 Å². The first-order valence-electron chi connectivity index (χ1n) is 8.45. The molecule has 1 aromatic heterocycles. The van der Waals surface area contributed by atoms with Gasteiger partial charge >= 0.3 is 5.97 Å². The van der Waals surface area contributed by atoms with Gasteiger partial charge in [0.15, 0.2) is 12.4 Å². The Morgan fingerprint density at radius 2 is 1.88 bits per heavy atom. The van der Waals surface area contributed by atoms with E-state index in [0.29, 0.717) is 23.6 Å². The van der Waals surface area contributed by atoms with Gasteiger partial charge in [-0.05, 0) is 24.6 Å². The van der Waals surface area contributed by atoms with Gasteiger partial charge in [-0.1, -0.05) is 31.1 Å². The van der Waals surface area contributed by atoms with Gasteiger partial charge in [0.2, 0.25) is 0 Å². The first-order chi connectivity index (χ1) is 12.3. The number of amides is 1. The third-order valence-corrected chi connectivity index (χ3v) is 3.89. The highest BCUT2D eigenvalue weighted by Gasteiger charge is 2.24. The van der Waals surface area contributed by atoms with Gasteiger partial charge in [0, 0.05) is 32.2 Å².